The fourth-order valence-electron chi connectivity index (χ4n) is 1.98. The van der Waals surface area contributed by atoms with E-state index in [9.17, 15) is 9.59 Å². The molecule has 124 valence electrons. The Labute approximate surface area is 138 Å². The summed E-state index contributed by atoms with van der Waals surface area (Å²) in [5, 5.41) is 12.0. The first-order valence-electron chi connectivity index (χ1n) is 7.52. The first-order chi connectivity index (χ1) is 10.0. The summed E-state index contributed by atoms with van der Waals surface area (Å²) in [7, 11) is 0. The van der Waals surface area contributed by atoms with E-state index < -0.39 is 12.0 Å². The number of carbonyl (C=O) groups is 2. The first kappa shape index (κ1) is 20.6. The summed E-state index contributed by atoms with van der Waals surface area (Å²) in [5.41, 5.74) is 5.37. The molecule has 0 aliphatic carbocycles. The van der Waals surface area contributed by atoms with Crippen molar-refractivity contribution in [3.8, 4) is 0 Å². The Balaban J connectivity index is 3.85. The van der Waals surface area contributed by atoms with Gasteiger partial charge in [-0.05, 0) is 50.8 Å². The largest absolute Gasteiger partial charge is 0.480 e. The predicted octanol–water partition coefficient (Wildman–Crippen LogP) is 1.86. The minimum absolute atomic E-state index is 0.194. The highest BCUT2D eigenvalue weighted by molar-refractivity contribution is 7.81. The average molecular weight is 337 g/mol. The lowest BCUT2D eigenvalue weighted by atomic mass is 10.1. The molecule has 0 aliphatic heterocycles. The van der Waals surface area contributed by atoms with Crippen LogP contribution in [0.25, 0.3) is 0 Å². The van der Waals surface area contributed by atoms with Crippen LogP contribution in [0.3, 0.4) is 0 Å². The lowest BCUT2D eigenvalue weighted by Crippen LogP contribution is -2.40. The van der Waals surface area contributed by atoms with Crippen LogP contribution in [-0.2, 0) is 9.59 Å². The van der Waals surface area contributed by atoms with E-state index in [1.807, 2.05) is 0 Å². The second-order valence-electron chi connectivity index (χ2n) is 5.15. The van der Waals surface area contributed by atoms with Gasteiger partial charge in [0.25, 0.3) is 0 Å². The summed E-state index contributed by atoms with van der Waals surface area (Å²) in [6.45, 7) is 0.539. The number of rotatable bonds is 13. The van der Waals surface area contributed by atoms with Crippen LogP contribution in [0.2, 0.25) is 0 Å². The van der Waals surface area contributed by atoms with Crippen molar-refractivity contribution >= 4 is 37.1 Å². The highest BCUT2D eigenvalue weighted by Gasteiger charge is 2.18. The molecule has 0 spiro atoms. The zero-order valence-corrected chi connectivity index (χ0v) is 14.3. The van der Waals surface area contributed by atoms with Crippen LogP contribution in [0.4, 0.5) is 0 Å². The quantitative estimate of drug-likeness (QED) is 0.262. The first-order valence-corrected chi connectivity index (χ1v) is 8.67. The fraction of sp³-hybridized carbons (Fsp3) is 0.857. The van der Waals surface area contributed by atoms with Crippen molar-refractivity contribution in [2.75, 3.05) is 12.3 Å². The molecular weight excluding hydrogens is 308 g/mol. The van der Waals surface area contributed by atoms with Gasteiger partial charge in [0.05, 0.1) is 0 Å². The Hall–Kier alpha value is -0.400. The van der Waals surface area contributed by atoms with Crippen LogP contribution in [-0.4, -0.2) is 40.6 Å². The van der Waals surface area contributed by atoms with Crippen LogP contribution < -0.4 is 11.1 Å². The summed E-state index contributed by atoms with van der Waals surface area (Å²) in [6, 6.07) is -0.800. The summed E-state index contributed by atoms with van der Waals surface area (Å²) in [6.07, 6.45) is 5.86. The number of amides is 1. The maximum atomic E-state index is 11.7. The van der Waals surface area contributed by atoms with E-state index in [1.54, 1.807) is 0 Å². The van der Waals surface area contributed by atoms with Crippen LogP contribution in [0.5, 0.6) is 0 Å². The molecular formula is C14H28N2O3S2. The lowest BCUT2D eigenvalue weighted by molar-refractivity contribution is -0.142. The molecule has 2 atom stereocenters. The van der Waals surface area contributed by atoms with Gasteiger partial charge < -0.3 is 16.2 Å². The van der Waals surface area contributed by atoms with Gasteiger partial charge in [-0.2, -0.15) is 25.3 Å². The molecule has 1 amide bonds. The highest BCUT2D eigenvalue weighted by Crippen LogP contribution is 2.12. The van der Waals surface area contributed by atoms with Crippen LogP contribution in [0.1, 0.15) is 51.4 Å². The Morgan fingerprint density at radius 2 is 1.76 bits per heavy atom. The van der Waals surface area contributed by atoms with Crippen LogP contribution in [0, 0.1) is 0 Å². The Morgan fingerprint density at radius 3 is 2.33 bits per heavy atom. The second-order valence-corrected chi connectivity index (χ2v) is 6.33. The van der Waals surface area contributed by atoms with Gasteiger partial charge in [0.2, 0.25) is 5.91 Å². The van der Waals surface area contributed by atoms with Gasteiger partial charge in [0, 0.05) is 11.7 Å². The molecule has 5 nitrogen and oxygen atoms in total. The van der Waals surface area contributed by atoms with Gasteiger partial charge in [-0.25, -0.2) is 4.79 Å². The Bertz CT molecular complexity index is 304. The minimum atomic E-state index is -0.982. The summed E-state index contributed by atoms with van der Waals surface area (Å²) >= 11 is 8.58. The summed E-state index contributed by atoms with van der Waals surface area (Å²) in [4.78, 5) is 22.8. The zero-order valence-electron chi connectivity index (χ0n) is 12.5. The SMILES string of the molecule is NCCCC[C@H](NC(=O)CCCCC(S)CCS)C(=O)O. The van der Waals surface area contributed by atoms with Crippen molar-refractivity contribution in [3.05, 3.63) is 0 Å². The van der Waals surface area contributed by atoms with E-state index in [2.05, 4.69) is 30.6 Å². The minimum Gasteiger partial charge on any atom is -0.480 e. The predicted molar refractivity (Wildman–Crippen MR) is 92.2 cm³/mol. The number of aliphatic carboxylic acids is 1. The van der Waals surface area contributed by atoms with Gasteiger partial charge in [-0.1, -0.05) is 6.42 Å². The lowest BCUT2D eigenvalue weighted by Gasteiger charge is -2.14. The molecule has 0 rings (SSSR count). The Kier molecular flexibility index (Phi) is 13.0. The van der Waals surface area contributed by atoms with Gasteiger partial charge in [-0.15, -0.1) is 0 Å². The van der Waals surface area contributed by atoms with E-state index in [0.29, 0.717) is 31.1 Å². The number of unbranched alkanes of at least 4 members (excludes halogenated alkanes) is 2. The standard InChI is InChI=1S/C14H28N2O3S2/c15-9-4-3-6-12(14(18)19)16-13(17)7-2-1-5-11(21)8-10-20/h11-12,20-21H,1-10,15H2,(H,16,17)(H,18,19)/t11?,12-/m0/s1. The number of hydrogen-bond donors (Lipinski definition) is 5. The molecule has 0 aromatic carbocycles. The Morgan fingerprint density at radius 1 is 1.10 bits per heavy atom. The van der Waals surface area contributed by atoms with E-state index >= 15 is 0 Å². The molecule has 0 fully saturated rings. The maximum absolute atomic E-state index is 11.7. The van der Waals surface area contributed by atoms with Gasteiger partial charge in [-0.3, -0.25) is 4.79 Å². The average Bonchev–Trinajstić information content (AvgIpc) is 2.43. The van der Waals surface area contributed by atoms with Crippen LogP contribution >= 0.6 is 25.3 Å². The molecule has 0 heterocycles. The van der Waals surface area contributed by atoms with Crippen LogP contribution in [0.15, 0.2) is 0 Å². The molecule has 0 radical (unpaired) electrons. The summed E-state index contributed by atoms with van der Waals surface area (Å²) < 4.78 is 0. The normalized spacial score (nSPS) is 13.7. The molecule has 0 aromatic heterocycles. The third-order valence-electron chi connectivity index (χ3n) is 3.23. The third-order valence-corrected chi connectivity index (χ3v) is 4.01. The molecule has 0 aromatic rings. The van der Waals surface area contributed by atoms with E-state index in [4.69, 9.17) is 10.8 Å². The number of carboxylic acids is 1. The molecule has 4 N–H and O–H groups in total. The molecule has 21 heavy (non-hydrogen) atoms. The zero-order chi connectivity index (χ0) is 16.1. The highest BCUT2D eigenvalue weighted by atomic mass is 32.1. The maximum Gasteiger partial charge on any atom is 0.326 e. The van der Waals surface area contributed by atoms with E-state index in [1.165, 1.54) is 0 Å². The molecule has 0 saturated carbocycles. The van der Waals surface area contributed by atoms with Crippen molar-refractivity contribution in [1.82, 2.24) is 5.32 Å². The number of nitrogens with one attached hydrogen (secondary N) is 1. The fourth-order valence-corrected chi connectivity index (χ4v) is 2.80. The van der Waals surface area contributed by atoms with Crippen molar-refractivity contribution in [3.63, 3.8) is 0 Å². The molecule has 1 unspecified atom stereocenters. The number of carbonyl (C=O) groups excluding carboxylic acids is 1. The van der Waals surface area contributed by atoms with Gasteiger partial charge in [0.1, 0.15) is 6.04 Å². The topological polar surface area (TPSA) is 92.4 Å². The van der Waals surface area contributed by atoms with Crippen molar-refractivity contribution in [1.29, 1.82) is 0 Å². The van der Waals surface area contributed by atoms with Gasteiger partial charge >= 0.3 is 5.97 Å². The van der Waals surface area contributed by atoms with Crippen molar-refractivity contribution in [2.45, 2.75) is 62.7 Å². The number of carboxylic acid groups (broad SMARTS) is 1. The molecule has 0 bridgehead atoms. The number of thiol groups is 2. The molecule has 0 aliphatic rings. The van der Waals surface area contributed by atoms with E-state index in [0.717, 1.165) is 37.9 Å². The number of nitrogens with two attached hydrogens (primary N) is 1. The summed E-state index contributed by atoms with van der Waals surface area (Å²) in [5.74, 6) is -0.359. The second kappa shape index (κ2) is 13.3. The van der Waals surface area contributed by atoms with Crippen molar-refractivity contribution in [2.24, 2.45) is 5.73 Å². The number of hydrogen-bond acceptors (Lipinski definition) is 5. The van der Waals surface area contributed by atoms with Gasteiger partial charge in [0.15, 0.2) is 0 Å². The molecule has 0 saturated heterocycles. The molecule has 7 heteroatoms. The van der Waals surface area contributed by atoms with E-state index in [-0.39, 0.29) is 5.91 Å². The van der Waals surface area contributed by atoms with Crippen molar-refractivity contribution < 1.29 is 14.7 Å². The monoisotopic (exact) mass is 336 g/mol. The third kappa shape index (κ3) is 11.9. The smallest absolute Gasteiger partial charge is 0.326 e.